The van der Waals surface area contributed by atoms with Crippen molar-refractivity contribution in [2.24, 2.45) is 50.2 Å². The molecule has 0 aromatic rings. The Hall–Kier alpha value is -0.910. The predicted octanol–water partition coefficient (Wildman–Crippen LogP) is 5.18. The van der Waals surface area contributed by atoms with E-state index in [-0.39, 0.29) is 34.2 Å². The maximum atomic E-state index is 12.3. The minimum absolute atomic E-state index is 0.0301. The number of rotatable bonds is 2. The highest BCUT2D eigenvalue weighted by Crippen LogP contribution is 2.75. The molecule has 198 valence electrons. The SMILES string of the molecule is C[C@@]1(C(=O)O)C[C@@H](O)[C@]2(C)CC[C@]3(C)C(=CC[C@@H]4[C@@]5(C)CC[C@H](O)[C@](C)(CO)[C@@H]5CC[C@]43C)[C@@H]2C1. The summed E-state index contributed by atoms with van der Waals surface area (Å²) in [5.74, 6) is 0.0550. The number of carboxylic acid groups (broad SMARTS) is 1. The molecule has 4 saturated carbocycles. The zero-order valence-corrected chi connectivity index (χ0v) is 22.7. The first-order valence-corrected chi connectivity index (χ1v) is 14.0. The first-order chi connectivity index (χ1) is 16.1. The van der Waals surface area contributed by atoms with Crippen molar-refractivity contribution >= 4 is 5.97 Å². The molecule has 11 atom stereocenters. The molecule has 5 heteroatoms. The number of aliphatic hydroxyl groups excluding tert-OH is 3. The molecule has 0 radical (unpaired) electrons. The molecule has 0 amide bonds. The van der Waals surface area contributed by atoms with Crippen LogP contribution in [0.1, 0.15) is 99.3 Å². The normalized spacial score (nSPS) is 57.7. The van der Waals surface area contributed by atoms with Crippen LogP contribution in [0.25, 0.3) is 0 Å². The van der Waals surface area contributed by atoms with Crippen molar-refractivity contribution in [2.45, 2.75) is 112 Å². The standard InChI is InChI=1S/C30H48O5/c1-25(24(34)35)15-19-18-7-8-21-27(3)11-10-22(32)28(4,17-31)20(27)9-12-30(21,6)29(18,5)14-13-26(19,2)23(33)16-25/h7,19-23,31-33H,8-17H2,1-6H3,(H,34,35)/t19-,20+,21+,22-,23+,25-,26+,27-,28+,29+,30+/m0/s1. The molecule has 5 rings (SSSR count). The maximum absolute atomic E-state index is 12.3. The van der Waals surface area contributed by atoms with Crippen molar-refractivity contribution in [3.05, 3.63) is 11.6 Å². The lowest BCUT2D eigenvalue weighted by Crippen LogP contribution is -2.66. The fourth-order valence-electron chi connectivity index (χ4n) is 10.7. The second kappa shape index (κ2) is 7.57. The number of hydrogen-bond donors (Lipinski definition) is 4. The minimum Gasteiger partial charge on any atom is -0.481 e. The first-order valence-electron chi connectivity index (χ1n) is 14.0. The minimum atomic E-state index is -0.896. The summed E-state index contributed by atoms with van der Waals surface area (Å²) in [7, 11) is 0. The molecule has 0 bridgehead atoms. The van der Waals surface area contributed by atoms with E-state index < -0.39 is 29.0 Å². The average molecular weight is 489 g/mol. The maximum Gasteiger partial charge on any atom is 0.309 e. The zero-order chi connectivity index (χ0) is 25.8. The highest BCUT2D eigenvalue weighted by Gasteiger charge is 2.69. The number of aliphatic hydroxyl groups is 3. The van der Waals surface area contributed by atoms with Crippen molar-refractivity contribution in [1.82, 2.24) is 0 Å². The molecule has 35 heavy (non-hydrogen) atoms. The van der Waals surface area contributed by atoms with Gasteiger partial charge in [0.2, 0.25) is 0 Å². The molecule has 0 saturated heterocycles. The van der Waals surface area contributed by atoms with Crippen molar-refractivity contribution < 1.29 is 25.2 Å². The van der Waals surface area contributed by atoms with Gasteiger partial charge in [-0.05, 0) is 98.7 Å². The summed E-state index contributed by atoms with van der Waals surface area (Å²) in [5, 5.41) is 42.7. The van der Waals surface area contributed by atoms with Crippen LogP contribution in [0.5, 0.6) is 0 Å². The largest absolute Gasteiger partial charge is 0.481 e. The van der Waals surface area contributed by atoms with E-state index >= 15 is 0 Å². The third-order valence-electron chi connectivity index (χ3n) is 13.6. The Morgan fingerprint density at radius 1 is 0.886 bits per heavy atom. The predicted molar refractivity (Wildman–Crippen MR) is 135 cm³/mol. The van der Waals surface area contributed by atoms with Gasteiger partial charge in [0, 0.05) is 10.8 Å². The Balaban J connectivity index is 1.58. The number of allylic oxidation sites excluding steroid dienone is 2. The van der Waals surface area contributed by atoms with Gasteiger partial charge in [0.25, 0.3) is 0 Å². The van der Waals surface area contributed by atoms with Crippen LogP contribution >= 0.6 is 0 Å². The van der Waals surface area contributed by atoms with Gasteiger partial charge in [-0.2, -0.15) is 0 Å². The molecular weight excluding hydrogens is 440 g/mol. The second-order valence-electron chi connectivity index (χ2n) is 14.9. The number of carbonyl (C=O) groups is 1. The van der Waals surface area contributed by atoms with E-state index in [0.29, 0.717) is 24.7 Å². The third-order valence-corrected chi connectivity index (χ3v) is 13.6. The molecule has 5 aliphatic carbocycles. The van der Waals surface area contributed by atoms with Crippen molar-refractivity contribution in [3.63, 3.8) is 0 Å². The molecule has 0 heterocycles. The van der Waals surface area contributed by atoms with Crippen molar-refractivity contribution in [2.75, 3.05) is 6.61 Å². The van der Waals surface area contributed by atoms with Crippen LogP contribution in [0.2, 0.25) is 0 Å². The summed E-state index contributed by atoms with van der Waals surface area (Å²) in [6.07, 6.45) is 9.09. The van der Waals surface area contributed by atoms with E-state index in [4.69, 9.17) is 0 Å². The molecule has 0 unspecified atom stereocenters. The van der Waals surface area contributed by atoms with Gasteiger partial charge in [0.15, 0.2) is 0 Å². The molecule has 0 aromatic carbocycles. The summed E-state index contributed by atoms with van der Waals surface area (Å²) in [4.78, 5) is 12.3. The Morgan fingerprint density at radius 2 is 1.57 bits per heavy atom. The number of hydrogen-bond acceptors (Lipinski definition) is 4. The molecular formula is C30H48O5. The van der Waals surface area contributed by atoms with Gasteiger partial charge in [-0.15, -0.1) is 0 Å². The van der Waals surface area contributed by atoms with Crippen LogP contribution < -0.4 is 0 Å². The lowest BCUT2D eigenvalue weighted by atomic mass is 9.33. The Bertz CT molecular complexity index is 945. The molecule has 5 aliphatic rings. The van der Waals surface area contributed by atoms with Crippen LogP contribution in [-0.2, 0) is 4.79 Å². The van der Waals surface area contributed by atoms with E-state index in [1.54, 1.807) is 0 Å². The highest BCUT2D eigenvalue weighted by molar-refractivity contribution is 5.74. The van der Waals surface area contributed by atoms with E-state index in [0.717, 1.165) is 44.9 Å². The summed E-state index contributed by atoms with van der Waals surface area (Å²) < 4.78 is 0. The Kier molecular flexibility index (Phi) is 5.56. The van der Waals surface area contributed by atoms with Gasteiger partial charge in [0.1, 0.15) is 0 Å². The van der Waals surface area contributed by atoms with Crippen LogP contribution in [0.15, 0.2) is 11.6 Å². The second-order valence-corrected chi connectivity index (χ2v) is 14.9. The molecule has 5 nitrogen and oxygen atoms in total. The molecule has 4 N–H and O–H groups in total. The molecule has 4 fully saturated rings. The number of aliphatic carboxylic acids is 1. The van der Waals surface area contributed by atoms with Crippen molar-refractivity contribution in [1.29, 1.82) is 0 Å². The van der Waals surface area contributed by atoms with Gasteiger partial charge < -0.3 is 20.4 Å². The van der Waals surface area contributed by atoms with Gasteiger partial charge in [0.05, 0.1) is 24.2 Å². The average Bonchev–Trinajstić information content (AvgIpc) is 2.79. The third kappa shape index (κ3) is 3.01. The topological polar surface area (TPSA) is 98.0 Å². The molecule has 0 spiro atoms. The van der Waals surface area contributed by atoms with Crippen LogP contribution in [-0.4, -0.2) is 45.2 Å². The smallest absolute Gasteiger partial charge is 0.309 e. The highest BCUT2D eigenvalue weighted by atomic mass is 16.4. The number of carboxylic acids is 1. The van der Waals surface area contributed by atoms with Crippen LogP contribution in [0, 0.1) is 50.2 Å². The van der Waals surface area contributed by atoms with Gasteiger partial charge in [-0.3, -0.25) is 4.79 Å². The summed E-state index contributed by atoms with van der Waals surface area (Å²) in [6, 6.07) is 0. The van der Waals surface area contributed by atoms with Gasteiger partial charge >= 0.3 is 5.97 Å². The zero-order valence-electron chi connectivity index (χ0n) is 22.7. The van der Waals surface area contributed by atoms with E-state index in [2.05, 4.69) is 40.7 Å². The monoisotopic (exact) mass is 488 g/mol. The Labute approximate surface area is 211 Å². The lowest BCUT2D eigenvalue weighted by Gasteiger charge is -2.71. The first kappa shape index (κ1) is 25.7. The Morgan fingerprint density at radius 3 is 2.20 bits per heavy atom. The molecule has 0 aliphatic heterocycles. The summed E-state index contributed by atoms with van der Waals surface area (Å²) in [5.41, 5.74) is -0.112. The van der Waals surface area contributed by atoms with Crippen LogP contribution in [0.4, 0.5) is 0 Å². The van der Waals surface area contributed by atoms with E-state index in [1.807, 2.05) is 6.92 Å². The molecule has 0 aromatic heterocycles. The quantitative estimate of drug-likeness (QED) is 0.402. The number of fused-ring (bicyclic) bond motifs is 7. The van der Waals surface area contributed by atoms with Gasteiger partial charge in [-0.25, -0.2) is 0 Å². The van der Waals surface area contributed by atoms with E-state index in [9.17, 15) is 25.2 Å². The van der Waals surface area contributed by atoms with E-state index in [1.165, 1.54) is 5.57 Å². The lowest BCUT2D eigenvalue weighted by molar-refractivity contribution is -0.219. The fraction of sp³-hybridized carbons (Fsp3) is 0.900. The van der Waals surface area contributed by atoms with Crippen LogP contribution in [0.3, 0.4) is 0 Å². The van der Waals surface area contributed by atoms with Crippen molar-refractivity contribution in [3.8, 4) is 0 Å². The van der Waals surface area contributed by atoms with Gasteiger partial charge in [-0.1, -0.05) is 46.3 Å². The summed E-state index contributed by atoms with van der Waals surface area (Å²) in [6.45, 7) is 13.5. The fourth-order valence-corrected chi connectivity index (χ4v) is 10.7. The summed E-state index contributed by atoms with van der Waals surface area (Å²) >= 11 is 0.